The van der Waals surface area contributed by atoms with Gasteiger partial charge in [0.15, 0.2) is 0 Å². The molecule has 3 amide bonds. The smallest absolute Gasteiger partial charge is 0.252 e. The van der Waals surface area contributed by atoms with Crippen molar-refractivity contribution >= 4 is 18.2 Å². The van der Waals surface area contributed by atoms with Crippen molar-refractivity contribution in [2.24, 2.45) is 10.8 Å². The van der Waals surface area contributed by atoms with Crippen LogP contribution in [0.15, 0.2) is 12.2 Å². The van der Waals surface area contributed by atoms with Crippen molar-refractivity contribution in [2.75, 3.05) is 13.1 Å². The van der Waals surface area contributed by atoms with Crippen LogP contribution in [-0.2, 0) is 14.4 Å². The van der Waals surface area contributed by atoms with Crippen LogP contribution in [0.5, 0.6) is 0 Å². The minimum Gasteiger partial charge on any atom is -0.356 e. The fourth-order valence-corrected chi connectivity index (χ4v) is 2.11. The molecule has 1 N–H and O–H groups in total. The van der Waals surface area contributed by atoms with Crippen LogP contribution in [0.1, 0.15) is 54.4 Å². The highest BCUT2D eigenvalue weighted by molar-refractivity contribution is 5.94. The van der Waals surface area contributed by atoms with Crippen LogP contribution >= 0.6 is 0 Å². The molecule has 0 radical (unpaired) electrons. The predicted molar refractivity (Wildman–Crippen MR) is 88.1 cm³/mol. The highest BCUT2D eigenvalue weighted by Gasteiger charge is 2.31. The zero-order valence-electron chi connectivity index (χ0n) is 14.7. The van der Waals surface area contributed by atoms with Crippen molar-refractivity contribution in [3.8, 4) is 0 Å². The van der Waals surface area contributed by atoms with Gasteiger partial charge in [-0.25, -0.2) is 0 Å². The number of hydrogen-bond acceptors (Lipinski definition) is 3. The van der Waals surface area contributed by atoms with Crippen molar-refractivity contribution in [1.29, 1.82) is 0 Å². The third-order valence-corrected chi connectivity index (χ3v) is 3.70. The summed E-state index contributed by atoms with van der Waals surface area (Å²) in [7, 11) is 0. The monoisotopic (exact) mass is 310 g/mol. The molecule has 0 saturated heterocycles. The number of amides is 3. The molecule has 0 aliphatic carbocycles. The van der Waals surface area contributed by atoms with Crippen LogP contribution in [0, 0.1) is 10.8 Å². The fourth-order valence-electron chi connectivity index (χ4n) is 2.11. The summed E-state index contributed by atoms with van der Waals surface area (Å²) in [6.45, 7) is 12.4. The summed E-state index contributed by atoms with van der Waals surface area (Å²) in [6.07, 6.45) is 4.99. The number of allylic oxidation sites excluding steroid dienone is 1. The third-order valence-electron chi connectivity index (χ3n) is 3.70. The summed E-state index contributed by atoms with van der Waals surface area (Å²) in [5, 5.41) is 2.84. The van der Waals surface area contributed by atoms with Crippen molar-refractivity contribution in [3.63, 3.8) is 0 Å². The van der Waals surface area contributed by atoms with E-state index in [4.69, 9.17) is 0 Å². The van der Waals surface area contributed by atoms with Gasteiger partial charge in [-0.05, 0) is 38.2 Å². The average Bonchev–Trinajstić information content (AvgIpc) is 2.43. The Labute approximate surface area is 134 Å². The molecule has 0 aromatic carbocycles. The average molecular weight is 310 g/mol. The molecule has 0 unspecified atom stereocenters. The SMILES string of the molecule is C/C=C\C(=O)N(C=O)CC(C)(C)CCC(C)(C)C(=O)NCC. The molecule has 0 aromatic rings. The Morgan fingerprint density at radius 3 is 2.18 bits per heavy atom. The van der Waals surface area contributed by atoms with E-state index in [0.717, 1.165) is 6.42 Å². The van der Waals surface area contributed by atoms with E-state index in [1.165, 1.54) is 11.0 Å². The van der Waals surface area contributed by atoms with E-state index in [2.05, 4.69) is 5.32 Å². The van der Waals surface area contributed by atoms with Crippen LogP contribution in [0.4, 0.5) is 0 Å². The van der Waals surface area contributed by atoms with Gasteiger partial charge in [-0.15, -0.1) is 0 Å². The molecule has 0 rings (SSSR count). The lowest BCUT2D eigenvalue weighted by Crippen LogP contribution is -2.40. The molecular weight excluding hydrogens is 280 g/mol. The van der Waals surface area contributed by atoms with Gasteiger partial charge >= 0.3 is 0 Å². The topological polar surface area (TPSA) is 66.5 Å². The van der Waals surface area contributed by atoms with Gasteiger partial charge in [-0.1, -0.05) is 33.8 Å². The summed E-state index contributed by atoms with van der Waals surface area (Å²) in [4.78, 5) is 36.1. The van der Waals surface area contributed by atoms with Gasteiger partial charge < -0.3 is 5.32 Å². The first-order chi connectivity index (χ1) is 10.1. The predicted octanol–water partition coefficient (Wildman–Crippen LogP) is 2.52. The van der Waals surface area contributed by atoms with E-state index in [9.17, 15) is 14.4 Å². The van der Waals surface area contributed by atoms with Crippen LogP contribution in [-0.4, -0.2) is 36.2 Å². The van der Waals surface area contributed by atoms with E-state index in [0.29, 0.717) is 25.9 Å². The highest BCUT2D eigenvalue weighted by Crippen LogP contribution is 2.31. The van der Waals surface area contributed by atoms with E-state index >= 15 is 0 Å². The van der Waals surface area contributed by atoms with E-state index in [1.54, 1.807) is 13.0 Å². The minimum absolute atomic E-state index is 0.0306. The van der Waals surface area contributed by atoms with Crippen LogP contribution < -0.4 is 5.32 Å². The molecule has 0 saturated carbocycles. The fraction of sp³-hybridized carbons (Fsp3) is 0.706. The molecule has 0 fully saturated rings. The second kappa shape index (κ2) is 8.71. The Kier molecular flexibility index (Phi) is 8.06. The maximum Gasteiger partial charge on any atom is 0.252 e. The van der Waals surface area contributed by atoms with Crippen molar-refractivity contribution in [3.05, 3.63) is 12.2 Å². The zero-order chi connectivity index (χ0) is 17.4. The molecule has 0 aliphatic rings. The van der Waals surface area contributed by atoms with E-state index in [-0.39, 0.29) is 17.2 Å². The van der Waals surface area contributed by atoms with Gasteiger partial charge in [0.2, 0.25) is 12.3 Å². The standard InChI is InChI=1S/C17H30N2O3/c1-7-9-14(21)19(13-20)12-16(3,4)10-11-17(5,6)15(22)18-8-2/h7,9,13H,8,10-12H2,1-6H3,(H,18,22)/b9-7-. The molecule has 5 nitrogen and oxygen atoms in total. The Hall–Kier alpha value is -1.65. The number of carbonyl (C=O) groups is 3. The molecule has 5 heteroatoms. The molecule has 0 aromatic heterocycles. The van der Waals surface area contributed by atoms with Gasteiger partial charge in [-0.3, -0.25) is 19.3 Å². The molecule has 0 bridgehead atoms. The normalized spacial score (nSPS) is 12.3. The van der Waals surface area contributed by atoms with Crippen LogP contribution in [0.2, 0.25) is 0 Å². The summed E-state index contributed by atoms with van der Waals surface area (Å²) in [5.74, 6) is -0.281. The lowest BCUT2D eigenvalue weighted by molar-refractivity contribution is -0.136. The Morgan fingerprint density at radius 2 is 1.73 bits per heavy atom. The maximum absolute atomic E-state index is 12.0. The highest BCUT2D eigenvalue weighted by atomic mass is 16.2. The second-order valence-electron chi connectivity index (χ2n) is 6.98. The van der Waals surface area contributed by atoms with Crippen molar-refractivity contribution in [1.82, 2.24) is 10.2 Å². The number of nitrogens with one attached hydrogen (secondary N) is 1. The summed E-state index contributed by atoms with van der Waals surface area (Å²) in [6, 6.07) is 0. The first kappa shape index (κ1) is 20.3. The second-order valence-corrected chi connectivity index (χ2v) is 6.98. The first-order valence-corrected chi connectivity index (χ1v) is 7.76. The van der Waals surface area contributed by atoms with Gasteiger partial charge in [-0.2, -0.15) is 0 Å². The van der Waals surface area contributed by atoms with Gasteiger partial charge in [0.25, 0.3) is 5.91 Å². The quantitative estimate of drug-likeness (QED) is 0.525. The van der Waals surface area contributed by atoms with Gasteiger partial charge in [0.1, 0.15) is 0 Å². The number of carbonyl (C=O) groups excluding carboxylic acids is 3. The maximum atomic E-state index is 12.0. The van der Waals surface area contributed by atoms with Crippen LogP contribution in [0.25, 0.3) is 0 Å². The van der Waals surface area contributed by atoms with Crippen LogP contribution in [0.3, 0.4) is 0 Å². The van der Waals surface area contributed by atoms with Crippen molar-refractivity contribution < 1.29 is 14.4 Å². The summed E-state index contributed by atoms with van der Waals surface area (Å²) in [5.41, 5.74) is -0.714. The Morgan fingerprint density at radius 1 is 1.14 bits per heavy atom. The third kappa shape index (κ3) is 6.87. The molecule has 0 aliphatic heterocycles. The Bertz CT molecular complexity index is 426. The Balaban J connectivity index is 4.72. The number of hydrogen-bond donors (Lipinski definition) is 1. The number of rotatable bonds is 9. The number of nitrogens with zero attached hydrogens (tertiary/aromatic N) is 1. The lowest BCUT2D eigenvalue weighted by Gasteiger charge is -2.32. The van der Waals surface area contributed by atoms with Gasteiger partial charge in [0, 0.05) is 18.5 Å². The summed E-state index contributed by atoms with van der Waals surface area (Å²) >= 11 is 0. The molecule has 0 atom stereocenters. The lowest BCUT2D eigenvalue weighted by atomic mass is 9.78. The largest absolute Gasteiger partial charge is 0.356 e. The molecular formula is C17H30N2O3. The first-order valence-electron chi connectivity index (χ1n) is 7.76. The zero-order valence-corrected chi connectivity index (χ0v) is 14.7. The van der Waals surface area contributed by atoms with Gasteiger partial charge in [0.05, 0.1) is 0 Å². The molecule has 126 valence electrons. The van der Waals surface area contributed by atoms with Crippen molar-refractivity contribution in [2.45, 2.75) is 54.4 Å². The molecule has 0 spiro atoms. The van der Waals surface area contributed by atoms with E-state index in [1.807, 2.05) is 34.6 Å². The van der Waals surface area contributed by atoms with E-state index < -0.39 is 5.41 Å². The molecule has 0 heterocycles. The summed E-state index contributed by atoms with van der Waals surface area (Å²) < 4.78 is 0. The number of imide groups is 1. The minimum atomic E-state index is -0.466. The molecule has 22 heavy (non-hydrogen) atoms.